The molecule has 2 heteroatoms. The van der Waals surface area contributed by atoms with Gasteiger partial charge in [0.25, 0.3) is 0 Å². The first-order chi connectivity index (χ1) is 6.49. The molecule has 1 saturated carbocycles. The molecule has 0 radical (unpaired) electrons. The van der Waals surface area contributed by atoms with Gasteiger partial charge in [0.05, 0.1) is 5.84 Å². The van der Waals surface area contributed by atoms with E-state index < -0.39 is 0 Å². The van der Waals surface area contributed by atoms with Crippen LogP contribution in [0.4, 0.5) is 0 Å². The van der Waals surface area contributed by atoms with Gasteiger partial charge in [-0.25, -0.2) is 0 Å². The Hall–Kier alpha value is -0.530. The average molecular weight is 196 g/mol. The number of nitrogens with zero attached hydrogens (tertiary/aromatic N) is 1. The minimum atomic E-state index is 0.263. The van der Waals surface area contributed by atoms with Crippen molar-refractivity contribution in [2.45, 2.75) is 52.9 Å². The fourth-order valence-corrected chi connectivity index (χ4v) is 1.86. The lowest BCUT2D eigenvalue weighted by atomic mass is 9.88. The van der Waals surface area contributed by atoms with E-state index in [1.54, 1.807) is 0 Å². The monoisotopic (exact) mass is 196 g/mol. The van der Waals surface area contributed by atoms with Crippen LogP contribution >= 0.6 is 0 Å². The van der Waals surface area contributed by atoms with Crippen LogP contribution in [0, 0.1) is 11.3 Å². The summed E-state index contributed by atoms with van der Waals surface area (Å²) in [7, 11) is 0. The molecule has 0 spiro atoms. The maximum Gasteiger partial charge on any atom is 0.0968 e. The Morgan fingerprint density at radius 2 is 1.79 bits per heavy atom. The Morgan fingerprint density at radius 1 is 1.21 bits per heavy atom. The van der Waals surface area contributed by atoms with Gasteiger partial charge < -0.3 is 5.73 Å². The van der Waals surface area contributed by atoms with Crippen molar-refractivity contribution in [3.05, 3.63) is 0 Å². The molecule has 0 aliphatic heterocycles. The highest BCUT2D eigenvalue weighted by Crippen LogP contribution is 2.24. The first-order valence-corrected chi connectivity index (χ1v) is 5.79. The predicted molar refractivity (Wildman–Crippen MR) is 62.5 cm³/mol. The van der Waals surface area contributed by atoms with Crippen molar-refractivity contribution in [2.75, 3.05) is 6.54 Å². The first kappa shape index (κ1) is 11.5. The van der Waals surface area contributed by atoms with Gasteiger partial charge in [-0.15, -0.1) is 0 Å². The number of amidine groups is 1. The summed E-state index contributed by atoms with van der Waals surface area (Å²) < 4.78 is 0. The average Bonchev–Trinajstić information content (AvgIpc) is 2.14. The highest BCUT2D eigenvalue weighted by molar-refractivity contribution is 5.82. The van der Waals surface area contributed by atoms with Crippen LogP contribution in [0.5, 0.6) is 0 Å². The summed E-state index contributed by atoms with van der Waals surface area (Å²) in [4.78, 5) is 4.51. The third-order valence-electron chi connectivity index (χ3n) is 2.76. The van der Waals surface area contributed by atoms with Crippen LogP contribution in [-0.4, -0.2) is 12.4 Å². The second kappa shape index (κ2) is 4.81. The molecule has 0 heterocycles. The molecule has 0 atom stereocenters. The van der Waals surface area contributed by atoms with Gasteiger partial charge in [-0.1, -0.05) is 40.0 Å². The summed E-state index contributed by atoms with van der Waals surface area (Å²) in [5, 5.41) is 0. The summed E-state index contributed by atoms with van der Waals surface area (Å²) in [6, 6.07) is 0. The number of rotatable bonds is 2. The second-order valence-electron chi connectivity index (χ2n) is 5.64. The van der Waals surface area contributed by atoms with Gasteiger partial charge in [-0.2, -0.15) is 0 Å². The van der Waals surface area contributed by atoms with Gasteiger partial charge in [0, 0.05) is 12.5 Å². The Kier molecular flexibility index (Phi) is 3.97. The van der Waals surface area contributed by atoms with E-state index in [0.717, 1.165) is 12.4 Å². The summed E-state index contributed by atoms with van der Waals surface area (Å²) in [5.74, 6) is 1.48. The van der Waals surface area contributed by atoms with Gasteiger partial charge in [0.15, 0.2) is 0 Å². The molecular formula is C12H24N2. The fraction of sp³-hybridized carbons (Fsp3) is 0.917. The summed E-state index contributed by atoms with van der Waals surface area (Å²) in [6.45, 7) is 7.45. The Labute approximate surface area is 88.0 Å². The lowest BCUT2D eigenvalue weighted by molar-refractivity contribution is 0.416. The molecule has 1 aliphatic carbocycles. The normalized spacial score (nSPS) is 21.2. The van der Waals surface area contributed by atoms with Crippen LogP contribution in [0.3, 0.4) is 0 Å². The van der Waals surface area contributed by atoms with Crippen molar-refractivity contribution in [1.29, 1.82) is 0 Å². The number of nitrogens with two attached hydrogens (primary N) is 1. The van der Waals surface area contributed by atoms with E-state index in [9.17, 15) is 0 Å². The Bertz CT molecular complexity index is 195. The van der Waals surface area contributed by atoms with E-state index in [1.165, 1.54) is 32.1 Å². The van der Waals surface area contributed by atoms with Crippen LogP contribution in [-0.2, 0) is 0 Å². The van der Waals surface area contributed by atoms with Gasteiger partial charge in [-0.3, -0.25) is 4.99 Å². The topological polar surface area (TPSA) is 38.4 Å². The summed E-state index contributed by atoms with van der Waals surface area (Å²) in [6.07, 6.45) is 6.54. The Morgan fingerprint density at radius 3 is 2.29 bits per heavy atom. The second-order valence-corrected chi connectivity index (χ2v) is 5.64. The van der Waals surface area contributed by atoms with E-state index in [4.69, 9.17) is 5.73 Å². The van der Waals surface area contributed by atoms with Crippen molar-refractivity contribution in [3.8, 4) is 0 Å². The van der Waals surface area contributed by atoms with Crippen LogP contribution in [0.15, 0.2) is 4.99 Å². The van der Waals surface area contributed by atoms with E-state index in [-0.39, 0.29) is 5.41 Å². The largest absolute Gasteiger partial charge is 0.387 e. The summed E-state index contributed by atoms with van der Waals surface area (Å²) >= 11 is 0. The highest BCUT2D eigenvalue weighted by atomic mass is 14.9. The molecule has 0 unspecified atom stereocenters. The van der Waals surface area contributed by atoms with Gasteiger partial charge in [-0.05, 0) is 18.3 Å². The third kappa shape index (κ3) is 4.12. The van der Waals surface area contributed by atoms with E-state index >= 15 is 0 Å². The smallest absolute Gasteiger partial charge is 0.0968 e. The van der Waals surface area contributed by atoms with Crippen molar-refractivity contribution in [3.63, 3.8) is 0 Å². The third-order valence-corrected chi connectivity index (χ3v) is 2.76. The molecule has 1 rings (SSSR count). The van der Waals surface area contributed by atoms with Crippen molar-refractivity contribution in [1.82, 2.24) is 0 Å². The zero-order valence-corrected chi connectivity index (χ0v) is 9.84. The lowest BCUT2D eigenvalue weighted by Crippen LogP contribution is -2.27. The molecular weight excluding hydrogens is 172 g/mol. The van der Waals surface area contributed by atoms with E-state index in [0.29, 0.717) is 5.92 Å². The molecule has 0 amide bonds. The van der Waals surface area contributed by atoms with Crippen LogP contribution in [0.2, 0.25) is 0 Å². The number of hydrogen-bond donors (Lipinski definition) is 1. The first-order valence-electron chi connectivity index (χ1n) is 5.79. The zero-order chi connectivity index (χ0) is 10.6. The maximum atomic E-state index is 6.01. The fourth-order valence-electron chi connectivity index (χ4n) is 1.86. The van der Waals surface area contributed by atoms with Crippen LogP contribution in [0.1, 0.15) is 52.9 Å². The predicted octanol–water partition coefficient (Wildman–Crippen LogP) is 2.97. The van der Waals surface area contributed by atoms with Crippen molar-refractivity contribution < 1.29 is 0 Å². The van der Waals surface area contributed by atoms with Crippen molar-refractivity contribution in [2.24, 2.45) is 22.1 Å². The number of hydrogen-bond acceptors (Lipinski definition) is 1. The molecule has 1 aliphatic rings. The molecule has 0 bridgehead atoms. The molecule has 2 N–H and O–H groups in total. The van der Waals surface area contributed by atoms with E-state index in [2.05, 4.69) is 25.8 Å². The zero-order valence-electron chi connectivity index (χ0n) is 9.84. The minimum absolute atomic E-state index is 0.263. The molecule has 2 nitrogen and oxygen atoms in total. The molecule has 0 aromatic rings. The quantitative estimate of drug-likeness (QED) is 0.535. The lowest BCUT2D eigenvalue weighted by Gasteiger charge is -2.22. The molecule has 0 aromatic carbocycles. The molecule has 0 aromatic heterocycles. The van der Waals surface area contributed by atoms with Gasteiger partial charge in [0.1, 0.15) is 0 Å². The molecule has 14 heavy (non-hydrogen) atoms. The SMILES string of the molecule is CC(C)(C)CN=C(N)C1CCCCC1. The highest BCUT2D eigenvalue weighted by Gasteiger charge is 2.17. The molecule has 82 valence electrons. The van der Waals surface area contributed by atoms with Gasteiger partial charge >= 0.3 is 0 Å². The Balaban J connectivity index is 2.42. The van der Waals surface area contributed by atoms with Crippen LogP contribution < -0.4 is 5.73 Å². The summed E-state index contributed by atoms with van der Waals surface area (Å²) in [5.41, 5.74) is 6.27. The molecule has 0 saturated heterocycles. The maximum absolute atomic E-state index is 6.01. The molecule has 1 fully saturated rings. The van der Waals surface area contributed by atoms with Gasteiger partial charge in [0.2, 0.25) is 0 Å². The standard InChI is InChI=1S/C12H24N2/c1-12(2,3)9-14-11(13)10-7-5-4-6-8-10/h10H,4-9H2,1-3H3,(H2,13,14). The number of aliphatic imine (C=N–C) groups is 1. The van der Waals surface area contributed by atoms with Crippen LogP contribution in [0.25, 0.3) is 0 Å². The van der Waals surface area contributed by atoms with E-state index in [1.807, 2.05) is 0 Å². The van der Waals surface area contributed by atoms with Crippen molar-refractivity contribution >= 4 is 5.84 Å². The minimum Gasteiger partial charge on any atom is -0.387 e.